The smallest absolute Gasteiger partial charge is 0.430 e. The predicted octanol–water partition coefficient (Wildman–Crippen LogP) is 3.11. The number of thioether (sulfide) groups is 2. The van der Waals surface area contributed by atoms with Crippen LogP contribution in [0.1, 0.15) is 90.1 Å². The highest BCUT2D eigenvalue weighted by atomic mass is 32.2. The van der Waals surface area contributed by atoms with Gasteiger partial charge in [0.05, 0.1) is 24.4 Å². The van der Waals surface area contributed by atoms with Crippen LogP contribution < -0.4 is 53.0 Å². The number of ketones is 1. The summed E-state index contributed by atoms with van der Waals surface area (Å²) in [6.45, 7) is 0.852. The van der Waals surface area contributed by atoms with E-state index in [0.29, 0.717) is 73.7 Å². The molecule has 0 unspecified atom stereocenters. The molecule has 8 atom stereocenters. The number of rotatable bonds is 13. The highest BCUT2D eigenvalue weighted by Gasteiger charge is 2.48. The average molecular weight is 1580 g/mol. The highest BCUT2D eigenvalue weighted by Crippen LogP contribution is 2.35. The summed E-state index contributed by atoms with van der Waals surface area (Å²) in [6, 6.07) is 17.3. The Morgan fingerprint density at radius 2 is 1.23 bits per heavy atom. The molecule has 0 radical (unpaired) electrons. The zero-order valence-corrected chi connectivity index (χ0v) is 61.3. The Hall–Kier alpha value is -11.6. The fourth-order valence-electron chi connectivity index (χ4n) is 13.0. The van der Waals surface area contributed by atoms with Gasteiger partial charge in [-0.2, -0.15) is 36.7 Å². The maximum absolute atomic E-state index is 15.3. The molecule has 588 valence electrons. The number of aromatic hydroxyl groups is 2. The van der Waals surface area contributed by atoms with Crippen LogP contribution in [0, 0.1) is 17.6 Å². The standard InChI is InChI=1S/C74H80F2N12O14S2.C2HF3O2/c1-74-21-3-22-88(74)73(102)62(26-42-8-17-53(90)18-9-42)87-71(100)60(32-51-35-78-40-81-51)85-72(101)61(33-66(94)95)86-70(99)59(27-46-11-10-45-12-13-49(75)30-54(45)46)84-69(98)58(28-47-34-79-56-19-14-50(76)31-55(47)56)83-65(93)36-80-68(97)57(25-41-6-15-52(89)16-7-41)82-64(92)20-23-103-37-43-4-2-5-44(24-43)38-104-39-48(67(77)96)29-63(74)91;3-2(4,5)1(6)7/h2,4-9,11-19,24,30-31,34-35,40,48,57-62,79,89-90H,3,10,20-23,25-29,32-33,36-39H2,1H3,(H2,77,96)(H,78,81)(H,80,97)(H,82,92)(H,83,93)(H,84,98)(H,85,101)(H,86,99)(H,87,100)(H,94,95);(H,6,7)/t48-,57-,58-,59-,60-,61-,62-,74-;/m0./s1. The van der Waals surface area contributed by atoms with E-state index in [-0.39, 0.29) is 75.2 Å². The Balaban J connectivity index is 0.00000193. The number of H-pyrrole nitrogens is 3. The molecule has 111 heavy (non-hydrogen) atoms. The molecule has 0 saturated carbocycles. The number of nitrogens with two attached hydrogens (primary N) is 1. The van der Waals surface area contributed by atoms with Crippen molar-refractivity contribution < 1.29 is 105 Å². The number of hydrogen-bond acceptors (Lipinski definition) is 17. The minimum atomic E-state index is -5.19. The van der Waals surface area contributed by atoms with Gasteiger partial charge in [0.2, 0.25) is 59.5 Å². The molecule has 2 aliphatic heterocycles. The minimum absolute atomic E-state index is 0.0368. The average Bonchev–Trinajstić information content (AvgIpc) is 1.67. The molecule has 35 heteroatoms. The van der Waals surface area contributed by atoms with Crippen molar-refractivity contribution in [3.8, 4) is 11.5 Å². The number of fused-ring (bicyclic) bond motifs is 5. The summed E-state index contributed by atoms with van der Waals surface area (Å²) in [5, 5.41) is 58.1. The second kappa shape index (κ2) is 38.1. The summed E-state index contributed by atoms with van der Waals surface area (Å²) in [5.41, 5.74) is 9.70. The van der Waals surface area contributed by atoms with E-state index in [1.54, 1.807) is 25.1 Å². The van der Waals surface area contributed by atoms with Crippen LogP contribution in [0.2, 0.25) is 0 Å². The van der Waals surface area contributed by atoms with Gasteiger partial charge in [0.15, 0.2) is 5.78 Å². The lowest BCUT2D eigenvalue weighted by Crippen LogP contribution is -2.61. The molecule has 15 N–H and O–H groups in total. The number of carbonyl (C=O) groups excluding carboxylic acids is 11. The number of aromatic amines is 3. The summed E-state index contributed by atoms with van der Waals surface area (Å²) in [4.78, 5) is 177. The number of phenols is 2. The van der Waals surface area contributed by atoms with Gasteiger partial charge in [-0.3, -0.25) is 57.7 Å². The van der Waals surface area contributed by atoms with Gasteiger partial charge in [-0.25, -0.2) is 13.8 Å². The number of hydrogen-bond donors (Lipinski definition) is 13. The molecule has 7 aromatic rings. The molecule has 4 heterocycles. The lowest BCUT2D eigenvalue weighted by molar-refractivity contribution is -0.376. The van der Waals surface area contributed by atoms with Gasteiger partial charge in [0.1, 0.15) is 77.2 Å². The van der Waals surface area contributed by atoms with Gasteiger partial charge in [-0.1, -0.05) is 60.7 Å². The SMILES string of the molecule is C[C@@]12CCCN1C(=O)[C@H](Cc1ccc(O)cc1)NC(=O)[C@H](Cc1c[nH+]c[nH]1)NC(=O)[C@H](CC(=O)O)NC(=O)[C@H](CC1=CCc3ccc(F)cc31)NC(=O)[C@H](Cc1c[nH]c3ccc(F)cc13)NC(=O)CNC(=O)[C@H](Cc1ccc(O)cc1)NC(=O)CCSCc1cccc(c1)CSC[C@@H](C(N)=O)CC2=O.O=C([O-])C(F)(F)F. The van der Waals surface area contributed by atoms with Crippen molar-refractivity contribution in [1.82, 2.24) is 52.1 Å². The van der Waals surface area contributed by atoms with Crippen molar-refractivity contribution in [2.75, 3.05) is 24.6 Å². The van der Waals surface area contributed by atoms with E-state index in [4.69, 9.17) is 15.6 Å². The second-order valence-corrected chi connectivity index (χ2v) is 29.2. The van der Waals surface area contributed by atoms with E-state index < -0.39 is 156 Å². The highest BCUT2D eigenvalue weighted by molar-refractivity contribution is 7.98. The van der Waals surface area contributed by atoms with Crippen LogP contribution in [0.3, 0.4) is 0 Å². The number of allylic oxidation sites excluding steroid dienone is 1. The molecule has 3 aliphatic rings. The van der Waals surface area contributed by atoms with Gasteiger partial charge in [-0.15, -0.1) is 0 Å². The van der Waals surface area contributed by atoms with Crippen LogP contribution in [-0.2, 0) is 101 Å². The number of nitrogens with one attached hydrogen (secondary N) is 10. The van der Waals surface area contributed by atoms with Crippen molar-refractivity contribution in [2.24, 2.45) is 11.7 Å². The first-order chi connectivity index (χ1) is 52.8. The van der Waals surface area contributed by atoms with Gasteiger partial charge >= 0.3 is 12.1 Å². The van der Waals surface area contributed by atoms with Crippen molar-refractivity contribution in [3.63, 3.8) is 0 Å². The summed E-state index contributed by atoms with van der Waals surface area (Å²) < 4.78 is 61.5. The third kappa shape index (κ3) is 23.7. The number of carboxylic acid groups (broad SMARTS) is 2. The first kappa shape index (κ1) is 83.4. The van der Waals surface area contributed by atoms with Crippen LogP contribution in [0.25, 0.3) is 16.5 Å². The van der Waals surface area contributed by atoms with Crippen LogP contribution in [0.5, 0.6) is 11.5 Å². The van der Waals surface area contributed by atoms with Crippen molar-refractivity contribution in [3.05, 3.63) is 190 Å². The largest absolute Gasteiger partial charge is 0.542 e. The summed E-state index contributed by atoms with van der Waals surface area (Å²) in [6.07, 6.45) is -1.30. The number of halogens is 5. The maximum atomic E-state index is 15.3. The number of Topliss-reactive ketones (excluding diaryl/α,β-unsaturated/α-hetero) is 1. The number of phenolic OH excluding ortho intramolecular Hbond substituents is 2. The van der Waals surface area contributed by atoms with Gasteiger partial charge in [-0.05, 0) is 125 Å². The first-order valence-corrected chi connectivity index (χ1v) is 37.4. The quantitative estimate of drug-likeness (QED) is 0.0738. The molecule has 1 saturated heterocycles. The zero-order chi connectivity index (χ0) is 80.3. The molecular formula is C76H81F5N12O16S2. The van der Waals surface area contributed by atoms with Gasteiger partial charge < -0.3 is 78.1 Å². The van der Waals surface area contributed by atoms with E-state index in [9.17, 15) is 66.4 Å². The van der Waals surface area contributed by atoms with Gasteiger partial charge in [0, 0.05) is 91.6 Å². The third-order valence-electron chi connectivity index (χ3n) is 18.9. The molecule has 28 nitrogen and oxygen atoms in total. The van der Waals surface area contributed by atoms with Crippen LogP contribution >= 0.6 is 23.5 Å². The van der Waals surface area contributed by atoms with E-state index >= 15 is 23.6 Å². The molecule has 5 aromatic carbocycles. The lowest BCUT2D eigenvalue weighted by atomic mass is 9.86. The number of aliphatic carboxylic acids is 2. The number of aromatic nitrogens is 3. The fraction of sp³-hybridized carbons (Fsp3) is 0.355. The summed E-state index contributed by atoms with van der Waals surface area (Å²) in [5.74, 6) is -14.3. The number of carboxylic acids is 2. The van der Waals surface area contributed by atoms with Crippen LogP contribution in [0.4, 0.5) is 22.0 Å². The minimum Gasteiger partial charge on any atom is -0.542 e. The Bertz CT molecular complexity index is 4630. The lowest BCUT2D eigenvalue weighted by Gasteiger charge is -2.37. The van der Waals surface area contributed by atoms with Crippen LogP contribution in [-0.4, -0.2) is 174 Å². The van der Waals surface area contributed by atoms with E-state index in [1.807, 2.05) is 24.3 Å². The Morgan fingerprint density at radius 1 is 0.667 bits per heavy atom. The molecule has 9 amide bonds. The molecule has 1 aliphatic carbocycles. The van der Waals surface area contributed by atoms with Crippen LogP contribution in [0.15, 0.2) is 134 Å². The zero-order valence-electron chi connectivity index (χ0n) is 59.6. The van der Waals surface area contributed by atoms with Gasteiger partial charge in [0.25, 0.3) is 0 Å². The number of alkyl halides is 3. The Kier molecular flexibility index (Phi) is 28.7. The molecule has 2 bridgehead atoms. The third-order valence-corrected chi connectivity index (χ3v) is 21.1. The predicted molar refractivity (Wildman–Crippen MR) is 392 cm³/mol. The maximum Gasteiger partial charge on any atom is 0.430 e. The number of benzene rings is 5. The first-order valence-electron chi connectivity index (χ1n) is 35.1. The Morgan fingerprint density at radius 3 is 1.86 bits per heavy atom. The summed E-state index contributed by atoms with van der Waals surface area (Å²) >= 11 is 2.83. The van der Waals surface area contributed by atoms with E-state index in [0.717, 1.165) is 11.1 Å². The van der Waals surface area contributed by atoms with Crippen molar-refractivity contribution in [2.45, 2.75) is 137 Å². The molecular weight excluding hydrogens is 1500 g/mol. The normalized spacial score (nSPS) is 22.1. The van der Waals surface area contributed by atoms with Crippen molar-refractivity contribution in [1.29, 1.82) is 0 Å². The number of imidazole rings is 1. The monoisotopic (exact) mass is 1580 g/mol. The fourth-order valence-corrected chi connectivity index (χ4v) is 15.0. The molecule has 1 fully saturated rings. The number of carbonyl (C=O) groups is 12. The Labute approximate surface area is 639 Å². The number of nitrogens with zero attached hydrogens (tertiary/aromatic N) is 1. The second-order valence-electron chi connectivity index (χ2n) is 27.0. The molecule has 10 rings (SSSR count). The van der Waals surface area contributed by atoms with E-state index in [2.05, 4.69) is 52.2 Å². The molecule has 0 spiro atoms. The topological polar surface area (TPSA) is 448 Å². The van der Waals surface area contributed by atoms with Crippen molar-refractivity contribution >= 4 is 111 Å². The number of primary amides is 1. The summed E-state index contributed by atoms with van der Waals surface area (Å²) in [7, 11) is 0. The number of amides is 9. The van der Waals surface area contributed by atoms with E-state index in [1.165, 1.54) is 120 Å². The molecule has 2 aromatic heterocycles.